The van der Waals surface area contributed by atoms with Crippen molar-refractivity contribution in [3.05, 3.63) is 58.6 Å². The molecule has 8 heteroatoms. The zero-order chi connectivity index (χ0) is 20.1. The lowest BCUT2D eigenvalue weighted by Gasteiger charge is -2.29. The van der Waals surface area contributed by atoms with E-state index in [1.165, 1.54) is 18.2 Å². The Morgan fingerprint density at radius 1 is 1.25 bits per heavy atom. The lowest BCUT2D eigenvalue weighted by molar-refractivity contribution is 0.240. The molecule has 1 N–H and O–H groups in total. The van der Waals surface area contributed by atoms with E-state index in [-0.39, 0.29) is 28.1 Å². The highest BCUT2D eigenvalue weighted by Crippen LogP contribution is 2.31. The average Bonchev–Trinajstić information content (AvgIpc) is 3.23. The Balaban J connectivity index is 1.86. The van der Waals surface area contributed by atoms with Crippen LogP contribution in [0.15, 0.2) is 47.4 Å². The van der Waals surface area contributed by atoms with Crippen molar-refractivity contribution in [1.29, 1.82) is 5.26 Å². The summed E-state index contributed by atoms with van der Waals surface area (Å²) in [6.45, 7) is 2.02. The molecular weight excluding hydrogens is 398 g/mol. The van der Waals surface area contributed by atoms with E-state index in [0.717, 1.165) is 37.2 Å². The van der Waals surface area contributed by atoms with Gasteiger partial charge in [0.25, 0.3) is 0 Å². The maximum Gasteiger partial charge on any atom is 0.240 e. The van der Waals surface area contributed by atoms with Crippen LogP contribution in [0, 0.1) is 11.3 Å². The van der Waals surface area contributed by atoms with Crippen LogP contribution in [-0.2, 0) is 10.0 Å². The Bertz CT molecular complexity index is 982. The third-order valence-electron chi connectivity index (χ3n) is 4.91. The summed E-state index contributed by atoms with van der Waals surface area (Å²) in [5.74, 6) is 0.733. The third-order valence-corrected chi connectivity index (χ3v) is 6.67. The molecule has 0 spiro atoms. The van der Waals surface area contributed by atoms with Crippen molar-refractivity contribution in [3.63, 3.8) is 0 Å². The van der Waals surface area contributed by atoms with Gasteiger partial charge in [-0.1, -0.05) is 29.8 Å². The fourth-order valence-corrected chi connectivity index (χ4v) is 4.68. The molecule has 1 atom stereocenters. The molecule has 0 aromatic heterocycles. The van der Waals surface area contributed by atoms with Crippen molar-refractivity contribution in [2.75, 3.05) is 26.7 Å². The van der Waals surface area contributed by atoms with E-state index in [4.69, 9.17) is 21.6 Å². The molecule has 1 aliphatic heterocycles. The van der Waals surface area contributed by atoms with Crippen LogP contribution in [0.1, 0.15) is 30.0 Å². The summed E-state index contributed by atoms with van der Waals surface area (Å²) in [6.07, 6.45) is 2.17. The number of halogens is 1. The van der Waals surface area contributed by atoms with Crippen LogP contribution in [0.5, 0.6) is 5.75 Å². The Labute approximate surface area is 170 Å². The van der Waals surface area contributed by atoms with E-state index in [9.17, 15) is 8.42 Å². The van der Waals surface area contributed by atoms with Crippen molar-refractivity contribution in [2.45, 2.75) is 23.8 Å². The maximum absolute atomic E-state index is 12.8. The topological polar surface area (TPSA) is 82.4 Å². The second kappa shape index (κ2) is 8.93. The molecule has 1 heterocycles. The van der Waals surface area contributed by atoms with Crippen LogP contribution < -0.4 is 9.46 Å². The highest BCUT2D eigenvalue weighted by molar-refractivity contribution is 7.89. The molecule has 0 unspecified atom stereocenters. The number of sulfonamides is 1. The quantitative estimate of drug-likeness (QED) is 0.744. The maximum atomic E-state index is 12.8. The van der Waals surface area contributed by atoms with Gasteiger partial charge < -0.3 is 4.74 Å². The van der Waals surface area contributed by atoms with Gasteiger partial charge in [0.05, 0.1) is 28.6 Å². The highest BCUT2D eigenvalue weighted by Gasteiger charge is 2.27. The minimum atomic E-state index is -3.79. The van der Waals surface area contributed by atoms with Gasteiger partial charge >= 0.3 is 0 Å². The minimum absolute atomic E-state index is 0.0219. The highest BCUT2D eigenvalue weighted by atomic mass is 35.5. The van der Waals surface area contributed by atoms with Crippen LogP contribution in [0.25, 0.3) is 0 Å². The van der Waals surface area contributed by atoms with E-state index in [1.54, 1.807) is 7.11 Å². The number of rotatable bonds is 7. The van der Waals surface area contributed by atoms with Crippen LogP contribution in [-0.4, -0.2) is 40.1 Å². The SMILES string of the molecule is COc1ccccc1[C@H](CNS(=O)(=O)c1ccc(Cl)c(C#N)c1)N1CCCC1. The number of benzene rings is 2. The number of nitrogens with one attached hydrogen (secondary N) is 1. The molecule has 0 saturated carbocycles. The molecule has 0 radical (unpaired) electrons. The molecule has 28 heavy (non-hydrogen) atoms. The monoisotopic (exact) mass is 419 g/mol. The molecule has 2 aromatic rings. The van der Waals surface area contributed by atoms with Gasteiger partial charge in [0.15, 0.2) is 0 Å². The molecule has 0 aliphatic carbocycles. The van der Waals surface area contributed by atoms with E-state index in [0.29, 0.717) is 0 Å². The van der Waals surface area contributed by atoms with Gasteiger partial charge in [0, 0.05) is 12.1 Å². The average molecular weight is 420 g/mol. The molecule has 148 valence electrons. The zero-order valence-corrected chi connectivity index (χ0v) is 17.1. The van der Waals surface area contributed by atoms with Crippen LogP contribution in [0.2, 0.25) is 5.02 Å². The molecule has 1 saturated heterocycles. The Hall–Kier alpha value is -2.11. The number of hydrogen-bond donors (Lipinski definition) is 1. The Morgan fingerprint density at radius 3 is 2.64 bits per heavy atom. The van der Waals surface area contributed by atoms with Crippen LogP contribution >= 0.6 is 11.6 Å². The van der Waals surface area contributed by atoms with E-state index < -0.39 is 10.0 Å². The van der Waals surface area contributed by atoms with Crippen molar-refractivity contribution in [1.82, 2.24) is 9.62 Å². The van der Waals surface area contributed by atoms with Crippen molar-refractivity contribution < 1.29 is 13.2 Å². The summed E-state index contributed by atoms with van der Waals surface area (Å²) < 4.78 is 33.8. The number of likely N-dealkylation sites (tertiary alicyclic amines) is 1. The van der Waals surface area contributed by atoms with Gasteiger partial charge in [-0.15, -0.1) is 0 Å². The number of hydrogen-bond acceptors (Lipinski definition) is 5. The first-order chi connectivity index (χ1) is 13.5. The molecule has 1 fully saturated rings. The molecule has 6 nitrogen and oxygen atoms in total. The third kappa shape index (κ3) is 4.47. The second-order valence-corrected chi connectivity index (χ2v) is 8.78. The van der Waals surface area contributed by atoms with Crippen LogP contribution in [0.4, 0.5) is 0 Å². The van der Waals surface area contributed by atoms with Crippen LogP contribution in [0.3, 0.4) is 0 Å². The van der Waals surface area contributed by atoms with Crippen molar-refractivity contribution >= 4 is 21.6 Å². The summed E-state index contributed by atoms with van der Waals surface area (Å²) >= 11 is 5.92. The number of methoxy groups -OCH3 is 1. The normalized spacial score (nSPS) is 15.9. The van der Waals surface area contributed by atoms with Gasteiger partial charge in [0.1, 0.15) is 11.8 Å². The fraction of sp³-hybridized carbons (Fsp3) is 0.350. The fourth-order valence-electron chi connectivity index (χ4n) is 3.46. The molecule has 2 aromatic carbocycles. The molecule has 1 aliphatic rings. The Morgan fingerprint density at radius 2 is 1.96 bits per heavy atom. The predicted molar refractivity (Wildman–Crippen MR) is 108 cm³/mol. The zero-order valence-electron chi connectivity index (χ0n) is 15.6. The van der Waals surface area contributed by atoms with Crippen molar-refractivity contribution in [2.24, 2.45) is 0 Å². The van der Waals surface area contributed by atoms with Crippen molar-refractivity contribution in [3.8, 4) is 11.8 Å². The number of ether oxygens (including phenoxy) is 1. The lowest BCUT2D eigenvalue weighted by atomic mass is 10.0. The van der Waals surface area contributed by atoms with Gasteiger partial charge in [-0.05, 0) is 50.2 Å². The molecular formula is C20H22ClN3O3S. The lowest BCUT2D eigenvalue weighted by Crippen LogP contribution is -2.37. The van der Waals surface area contributed by atoms with Gasteiger partial charge in [-0.25, -0.2) is 13.1 Å². The van der Waals surface area contributed by atoms with E-state index in [1.807, 2.05) is 30.3 Å². The first kappa shape index (κ1) is 20.6. The predicted octanol–water partition coefficient (Wildman–Crippen LogP) is 3.34. The number of nitrogens with zero attached hydrogens (tertiary/aromatic N) is 2. The van der Waals surface area contributed by atoms with E-state index in [2.05, 4.69) is 9.62 Å². The minimum Gasteiger partial charge on any atom is -0.496 e. The van der Waals surface area contributed by atoms with Gasteiger partial charge in [-0.2, -0.15) is 5.26 Å². The first-order valence-corrected chi connectivity index (χ1v) is 10.9. The van der Waals surface area contributed by atoms with E-state index >= 15 is 0 Å². The second-order valence-electron chi connectivity index (χ2n) is 6.61. The summed E-state index contributed by atoms with van der Waals surface area (Å²) in [4.78, 5) is 2.29. The number of nitriles is 1. The summed E-state index contributed by atoms with van der Waals surface area (Å²) in [5.41, 5.74) is 1.08. The Kier molecular flexibility index (Phi) is 6.57. The summed E-state index contributed by atoms with van der Waals surface area (Å²) in [5, 5.41) is 9.33. The standard InChI is InChI=1S/C20H22ClN3O3S/c1-27-20-7-3-2-6-17(20)19(24-10-4-5-11-24)14-23-28(25,26)16-8-9-18(21)15(12-16)13-22/h2-3,6-9,12,19,23H,4-5,10-11,14H2,1H3/t19-/m0/s1. The summed E-state index contributed by atoms with van der Waals surface area (Å²) in [6, 6.07) is 13.5. The van der Waals surface area contributed by atoms with Gasteiger partial charge in [-0.3, -0.25) is 4.90 Å². The number of para-hydroxylation sites is 1. The molecule has 0 bridgehead atoms. The van der Waals surface area contributed by atoms with Gasteiger partial charge in [0.2, 0.25) is 10.0 Å². The largest absolute Gasteiger partial charge is 0.496 e. The first-order valence-electron chi connectivity index (χ1n) is 9.02. The smallest absolute Gasteiger partial charge is 0.240 e. The molecule has 3 rings (SSSR count). The summed E-state index contributed by atoms with van der Waals surface area (Å²) in [7, 11) is -2.18. The molecule has 0 amide bonds.